The summed E-state index contributed by atoms with van der Waals surface area (Å²) in [6, 6.07) is 6.86. The van der Waals surface area contributed by atoms with Crippen LogP contribution in [-0.2, 0) is 4.74 Å². The summed E-state index contributed by atoms with van der Waals surface area (Å²) >= 11 is 2.46. The first kappa shape index (κ1) is 14.9. The third-order valence-corrected chi connectivity index (χ3v) is 4.94. The molecule has 1 aromatic carbocycles. The number of aryl methyl sites for hydroxylation is 1. The quantitative estimate of drug-likeness (QED) is 0.778. The zero-order valence-electron chi connectivity index (χ0n) is 11.7. The van der Waals surface area contributed by atoms with Crippen LogP contribution in [0.2, 0.25) is 0 Å². The first-order valence-corrected chi connectivity index (χ1v) is 8.11. The first-order valence-electron chi connectivity index (χ1n) is 7.03. The minimum Gasteiger partial charge on any atom is -0.501 e. The van der Waals surface area contributed by atoms with Crippen molar-refractivity contribution in [3.63, 3.8) is 0 Å². The van der Waals surface area contributed by atoms with Crippen molar-refractivity contribution < 1.29 is 4.74 Å². The van der Waals surface area contributed by atoms with Crippen molar-refractivity contribution in [2.24, 2.45) is 0 Å². The van der Waals surface area contributed by atoms with E-state index in [9.17, 15) is 0 Å². The van der Waals surface area contributed by atoms with E-state index >= 15 is 0 Å². The summed E-state index contributed by atoms with van der Waals surface area (Å²) in [4.78, 5) is 0. The third kappa shape index (κ3) is 3.72. The number of halogens is 1. The summed E-state index contributed by atoms with van der Waals surface area (Å²) in [6.07, 6.45) is 5.37. The third-order valence-electron chi connectivity index (χ3n) is 3.46. The second-order valence-electron chi connectivity index (χ2n) is 5.03. The molecule has 0 fully saturated rings. The molecule has 2 rings (SSSR count). The molecule has 1 aliphatic rings. The molecule has 2 nitrogen and oxygen atoms in total. The maximum Gasteiger partial charge on any atom is 0.0876 e. The minimum atomic E-state index is 0.298. The topological polar surface area (TPSA) is 21.3 Å². The van der Waals surface area contributed by atoms with Crippen LogP contribution in [0.4, 0.5) is 0 Å². The highest BCUT2D eigenvalue weighted by Crippen LogP contribution is 2.31. The Morgan fingerprint density at radius 3 is 2.95 bits per heavy atom. The van der Waals surface area contributed by atoms with Gasteiger partial charge >= 0.3 is 0 Å². The lowest BCUT2D eigenvalue weighted by molar-refractivity contribution is 0.219. The molecule has 19 heavy (non-hydrogen) atoms. The average Bonchev–Trinajstić information content (AvgIpc) is 2.45. The smallest absolute Gasteiger partial charge is 0.0876 e. The van der Waals surface area contributed by atoms with Gasteiger partial charge in [-0.25, -0.2) is 0 Å². The second-order valence-corrected chi connectivity index (χ2v) is 6.11. The Bertz CT molecular complexity index is 456. The van der Waals surface area contributed by atoms with Crippen molar-refractivity contribution in [1.29, 1.82) is 0 Å². The van der Waals surface area contributed by atoms with Crippen LogP contribution in [-0.4, -0.2) is 13.2 Å². The molecule has 1 aromatic rings. The Morgan fingerprint density at radius 1 is 1.42 bits per heavy atom. The fraction of sp³-hybridized carbons (Fsp3) is 0.500. The van der Waals surface area contributed by atoms with E-state index in [4.69, 9.17) is 4.74 Å². The van der Waals surface area contributed by atoms with Crippen molar-refractivity contribution in [3.8, 4) is 0 Å². The highest BCUT2D eigenvalue weighted by Gasteiger charge is 2.20. The molecule has 1 unspecified atom stereocenters. The summed E-state index contributed by atoms with van der Waals surface area (Å²) in [7, 11) is 0. The van der Waals surface area contributed by atoms with E-state index in [1.807, 2.05) is 6.26 Å². The molecule has 0 saturated heterocycles. The fourth-order valence-electron chi connectivity index (χ4n) is 2.42. The van der Waals surface area contributed by atoms with Crippen LogP contribution < -0.4 is 5.32 Å². The second kappa shape index (κ2) is 7.29. The Morgan fingerprint density at radius 2 is 2.26 bits per heavy atom. The summed E-state index contributed by atoms with van der Waals surface area (Å²) < 4.78 is 6.89. The van der Waals surface area contributed by atoms with Gasteiger partial charge < -0.3 is 10.1 Å². The van der Waals surface area contributed by atoms with Crippen molar-refractivity contribution in [3.05, 3.63) is 44.7 Å². The van der Waals surface area contributed by atoms with Gasteiger partial charge in [0.15, 0.2) is 0 Å². The lowest BCUT2D eigenvalue weighted by Gasteiger charge is -2.26. The normalized spacial score (nSPS) is 16.7. The molecule has 0 spiro atoms. The van der Waals surface area contributed by atoms with E-state index in [1.54, 1.807) is 0 Å². The van der Waals surface area contributed by atoms with E-state index in [1.165, 1.54) is 20.3 Å². The lowest BCUT2D eigenvalue weighted by Crippen LogP contribution is -2.26. The van der Waals surface area contributed by atoms with Crippen LogP contribution in [0.25, 0.3) is 0 Å². The highest BCUT2D eigenvalue weighted by atomic mass is 127. The van der Waals surface area contributed by atoms with Gasteiger partial charge in [0.1, 0.15) is 0 Å². The number of hydrogen-bond acceptors (Lipinski definition) is 2. The molecule has 104 valence electrons. The predicted molar refractivity (Wildman–Crippen MR) is 88.2 cm³/mol. The minimum absolute atomic E-state index is 0.298. The maximum absolute atomic E-state index is 5.53. The van der Waals surface area contributed by atoms with E-state index in [0.717, 1.165) is 32.4 Å². The van der Waals surface area contributed by atoms with Gasteiger partial charge in [-0.15, -0.1) is 0 Å². The van der Waals surface area contributed by atoms with E-state index in [-0.39, 0.29) is 0 Å². The molecule has 1 atom stereocenters. The molecule has 1 N–H and O–H groups in total. The van der Waals surface area contributed by atoms with Crippen LogP contribution >= 0.6 is 22.6 Å². The molecule has 0 amide bonds. The van der Waals surface area contributed by atoms with Crippen LogP contribution in [0.5, 0.6) is 0 Å². The largest absolute Gasteiger partial charge is 0.501 e. The molecule has 0 aromatic heterocycles. The van der Waals surface area contributed by atoms with E-state index < -0.39 is 0 Å². The van der Waals surface area contributed by atoms with Gasteiger partial charge in [0.25, 0.3) is 0 Å². The van der Waals surface area contributed by atoms with Gasteiger partial charge in [-0.3, -0.25) is 0 Å². The Labute approximate surface area is 129 Å². The van der Waals surface area contributed by atoms with Crippen LogP contribution in [0, 0.1) is 10.5 Å². The van der Waals surface area contributed by atoms with Gasteiger partial charge in [0.2, 0.25) is 0 Å². The van der Waals surface area contributed by atoms with Crippen molar-refractivity contribution in [1.82, 2.24) is 5.32 Å². The molecule has 0 saturated carbocycles. The van der Waals surface area contributed by atoms with Crippen LogP contribution in [0.3, 0.4) is 0 Å². The molecule has 0 aliphatic carbocycles. The Hall–Kier alpha value is -0.550. The Kier molecular flexibility index (Phi) is 5.70. The SMILES string of the molecule is CCCNC(C1=COCCC1)c1cccc(C)c1I. The number of ether oxygens (including phenoxy) is 1. The number of benzene rings is 1. The van der Waals surface area contributed by atoms with Crippen molar-refractivity contribution >= 4 is 22.6 Å². The summed E-state index contributed by atoms with van der Waals surface area (Å²) in [6.45, 7) is 6.27. The zero-order chi connectivity index (χ0) is 13.7. The molecule has 0 bridgehead atoms. The van der Waals surface area contributed by atoms with Crippen LogP contribution in [0.1, 0.15) is 43.4 Å². The summed E-state index contributed by atoms with van der Waals surface area (Å²) in [5.41, 5.74) is 4.10. The average molecular weight is 371 g/mol. The first-order chi connectivity index (χ1) is 9.24. The Balaban J connectivity index is 2.30. The molecular weight excluding hydrogens is 349 g/mol. The number of hydrogen-bond donors (Lipinski definition) is 1. The summed E-state index contributed by atoms with van der Waals surface area (Å²) in [5, 5.41) is 3.67. The highest BCUT2D eigenvalue weighted by molar-refractivity contribution is 14.1. The number of rotatable bonds is 5. The lowest BCUT2D eigenvalue weighted by atomic mass is 9.94. The van der Waals surface area contributed by atoms with Crippen molar-refractivity contribution in [2.45, 2.75) is 39.2 Å². The standard InChI is InChI=1S/C16H22INO/c1-3-9-18-16(13-7-5-10-19-11-13)14-8-4-6-12(2)15(14)17/h4,6,8,11,16,18H,3,5,7,9-10H2,1-2H3. The predicted octanol–water partition coefficient (Wildman–Crippen LogP) is 4.33. The van der Waals surface area contributed by atoms with Crippen LogP contribution in [0.15, 0.2) is 30.0 Å². The summed E-state index contributed by atoms with van der Waals surface area (Å²) in [5.74, 6) is 0. The van der Waals surface area contributed by atoms with Gasteiger partial charge in [0.05, 0.1) is 18.9 Å². The number of nitrogens with one attached hydrogen (secondary N) is 1. The van der Waals surface area contributed by atoms with Gasteiger partial charge in [0, 0.05) is 3.57 Å². The van der Waals surface area contributed by atoms with Gasteiger partial charge in [-0.2, -0.15) is 0 Å². The molecule has 1 aliphatic heterocycles. The van der Waals surface area contributed by atoms with E-state index in [0.29, 0.717) is 6.04 Å². The van der Waals surface area contributed by atoms with Gasteiger partial charge in [-0.05, 0) is 72.0 Å². The molecule has 3 heteroatoms. The monoisotopic (exact) mass is 371 g/mol. The fourth-order valence-corrected chi connectivity index (χ4v) is 3.09. The van der Waals surface area contributed by atoms with E-state index in [2.05, 4.69) is 60.0 Å². The zero-order valence-corrected chi connectivity index (χ0v) is 13.9. The molecular formula is C16H22INO. The van der Waals surface area contributed by atoms with Crippen molar-refractivity contribution in [2.75, 3.05) is 13.2 Å². The molecule has 0 radical (unpaired) electrons. The van der Waals surface area contributed by atoms with Gasteiger partial charge in [-0.1, -0.05) is 25.1 Å². The molecule has 1 heterocycles. The maximum atomic E-state index is 5.53.